The molecule has 10 heteroatoms. The Morgan fingerprint density at radius 2 is 1.93 bits per heavy atom. The van der Waals surface area contributed by atoms with Gasteiger partial charge in [-0.3, -0.25) is 24.5 Å². The Labute approximate surface area is 261 Å². The molecule has 0 fully saturated rings. The van der Waals surface area contributed by atoms with Gasteiger partial charge in [0.15, 0.2) is 0 Å². The second kappa shape index (κ2) is 14.5. The Morgan fingerprint density at radius 1 is 1.07 bits per heavy atom. The van der Waals surface area contributed by atoms with E-state index in [4.69, 9.17) is 10.2 Å². The third-order valence-electron chi connectivity index (χ3n) is 7.75. The smallest absolute Gasteiger partial charge is 0.317 e. The summed E-state index contributed by atoms with van der Waals surface area (Å²) >= 11 is 0. The normalized spacial score (nSPS) is 12.9. The molecule has 0 aliphatic carbocycles. The minimum absolute atomic E-state index is 0.0329. The van der Waals surface area contributed by atoms with E-state index in [0.29, 0.717) is 48.7 Å². The van der Waals surface area contributed by atoms with E-state index in [9.17, 15) is 14.9 Å². The standard InChI is InChI=1S/C35H34N6O4/c1-23-28(3-2-4-31(23)40-35(45)33-10-7-25(20-39-33)19-37-14-16-42)29-11-13-38-32(30(29)18-36)9-6-24-5-8-27-21-41(22-34(43)44)15-12-26(27)17-24/h2-11,13,17,20,37,42H,12,14-16,19,21-22H2,1H3,(H,40,45)(H,43,44)/b9-6+. The van der Waals surface area contributed by atoms with Crippen LogP contribution in [0.3, 0.4) is 0 Å². The van der Waals surface area contributed by atoms with Crippen molar-refractivity contribution in [3.05, 3.63) is 112 Å². The molecular formula is C35H34N6O4. The number of aliphatic carboxylic acids is 1. The van der Waals surface area contributed by atoms with Gasteiger partial charge in [-0.15, -0.1) is 0 Å². The number of nitrogens with zero attached hydrogens (tertiary/aromatic N) is 4. The lowest BCUT2D eigenvalue weighted by Crippen LogP contribution is -2.34. The molecular weight excluding hydrogens is 568 g/mol. The number of carbonyl (C=O) groups is 2. The van der Waals surface area contributed by atoms with Gasteiger partial charge in [-0.05, 0) is 71.0 Å². The molecule has 2 aromatic heterocycles. The van der Waals surface area contributed by atoms with Crippen molar-refractivity contribution in [3.8, 4) is 17.2 Å². The summed E-state index contributed by atoms with van der Waals surface area (Å²) in [6.07, 6.45) is 7.84. The highest BCUT2D eigenvalue weighted by molar-refractivity contribution is 6.03. The number of hydrogen-bond donors (Lipinski definition) is 4. The van der Waals surface area contributed by atoms with E-state index in [2.05, 4.69) is 32.7 Å². The fourth-order valence-corrected chi connectivity index (χ4v) is 5.41. The lowest BCUT2D eigenvalue weighted by Gasteiger charge is -2.27. The lowest BCUT2D eigenvalue weighted by atomic mass is 9.94. The first kappa shape index (κ1) is 31.2. The van der Waals surface area contributed by atoms with Crippen molar-refractivity contribution in [1.29, 1.82) is 5.26 Å². The fraction of sp³-hybridized carbons (Fsp3) is 0.229. The van der Waals surface area contributed by atoms with E-state index in [1.165, 1.54) is 5.56 Å². The van der Waals surface area contributed by atoms with Crippen molar-refractivity contribution < 1.29 is 19.8 Å². The molecule has 0 atom stereocenters. The van der Waals surface area contributed by atoms with Gasteiger partial charge in [0.25, 0.3) is 5.91 Å². The number of aromatic nitrogens is 2. The van der Waals surface area contributed by atoms with Crippen LogP contribution in [0.4, 0.5) is 5.69 Å². The number of nitrogens with one attached hydrogen (secondary N) is 2. The summed E-state index contributed by atoms with van der Waals surface area (Å²) in [6, 6.07) is 19.3. The van der Waals surface area contributed by atoms with Gasteiger partial charge in [0.1, 0.15) is 11.8 Å². The maximum Gasteiger partial charge on any atom is 0.317 e. The summed E-state index contributed by atoms with van der Waals surface area (Å²) in [5.41, 5.74) is 8.36. The van der Waals surface area contributed by atoms with E-state index in [0.717, 1.165) is 34.2 Å². The van der Waals surface area contributed by atoms with Crippen molar-refractivity contribution in [2.75, 3.05) is 31.6 Å². The molecule has 0 radical (unpaired) electrons. The number of fused-ring (bicyclic) bond motifs is 1. The molecule has 0 bridgehead atoms. The average molecular weight is 603 g/mol. The lowest BCUT2D eigenvalue weighted by molar-refractivity contribution is -0.138. The Hall–Kier alpha value is -5.21. The van der Waals surface area contributed by atoms with Crippen molar-refractivity contribution in [2.24, 2.45) is 0 Å². The zero-order valence-corrected chi connectivity index (χ0v) is 25.0. The number of rotatable bonds is 11. The molecule has 1 aliphatic heterocycles. The molecule has 1 amide bonds. The number of carbonyl (C=O) groups excluding carboxylic acids is 1. The number of amides is 1. The zero-order chi connectivity index (χ0) is 31.8. The van der Waals surface area contributed by atoms with Crippen LogP contribution in [0, 0.1) is 18.3 Å². The third-order valence-corrected chi connectivity index (χ3v) is 7.75. The Balaban J connectivity index is 1.34. The fourth-order valence-electron chi connectivity index (χ4n) is 5.41. The van der Waals surface area contributed by atoms with Gasteiger partial charge in [-0.25, -0.2) is 0 Å². The molecule has 0 unspecified atom stereocenters. The van der Waals surface area contributed by atoms with Crippen LogP contribution in [0.15, 0.2) is 67.0 Å². The monoisotopic (exact) mass is 602 g/mol. The summed E-state index contributed by atoms with van der Waals surface area (Å²) in [5.74, 6) is -1.17. The van der Waals surface area contributed by atoms with E-state index in [1.807, 2.05) is 60.4 Å². The summed E-state index contributed by atoms with van der Waals surface area (Å²) in [7, 11) is 0. The maximum atomic E-state index is 13.0. The third kappa shape index (κ3) is 7.66. The topological polar surface area (TPSA) is 151 Å². The van der Waals surface area contributed by atoms with Crippen LogP contribution in [-0.2, 0) is 24.3 Å². The molecule has 4 N–H and O–H groups in total. The first-order valence-electron chi connectivity index (χ1n) is 14.7. The van der Waals surface area contributed by atoms with E-state index in [1.54, 1.807) is 24.5 Å². The molecule has 4 aromatic rings. The molecule has 45 heavy (non-hydrogen) atoms. The quantitative estimate of drug-likeness (QED) is 0.185. The highest BCUT2D eigenvalue weighted by atomic mass is 16.4. The van der Waals surface area contributed by atoms with Gasteiger partial charge in [-0.2, -0.15) is 5.26 Å². The Morgan fingerprint density at radius 3 is 2.69 bits per heavy atom. The molecule has 3 heterocycles. The molecule has 5 rings (SSSR count). The van der Waals surface area contributed by atoms with Crippen molar-refractivity contribution in [3.63, 3.8) is 0 Å². The molecule has 228 valence electrons. The van der Waals surface area contributed by atoms with Crippen LogP contribution in [0.2, 0.25) is 0 Å². The van der Waals surface area contributed by atoms with Crippen LogP contribution >= 0.6 is 0 Å². The summed E-state index contributed by atoms with van der Waals surface area (Å²) in [5, 5.41) is 34.2. The highest BCUT2D eigenvalue weighted by Crippen LogP contribution is 2.32. The van der Waals surface area contributed by atoms with Gasteiger partial charge in [0, 0.05) is 49.8 Å². The van der Waals surface area contributed by atoms with Crippen molar-refractivity contribution >= 4 is 29.7 Å². The molecule has 0 saturated heterocycles. The molecule has 2 aromatic carbocycles. The number of anilines is 1. The number of nitriles is 1. The van der Waals surface area contributed by atoms with E-state index >= 15 is 0 Å². The van der Waals surface area contributed by atoms with Gasteiger partial charge < -0.3 is 20.8 Å². The van der Waals surface area contributed by atoms with Gasteiger partial charge >= 0.3 is 5.97 Å². The minimum Gasteiger partial charge on any atom is -0.480 e. The van der Waals surface area contributed by atoms with Crippen LogP contribution in [0.25, 0.3) is 23.3 Å². The van der Waals surface area contributed by atoms with Gasteiger partial charge in [0.05, 0.1) is 24.4 Å². The predicted octanol–water partition coefficient (Wildman–Crippen LogP) is 4.27. The molecule has 10 nitrogen and oxygen atoms in total. The van der Waals surface area contributed by atoms with Crippen LogP contribution in [-0.4, -0.2) is 63.2 Å². The van der Waals surface area contributed by atoms with Gasteiger partial charge in [-0.1, -0.05) is 42.5 Å². The van der Waals surface area contributed by atoms with Crippen LogP contribution < -0.4 is 10.6 Å². The number of hydrogen-bond acceptors (Lipinski definition) is 8. The average Bonchev–Trinajstić information content (AvgIpc) is 3.04. The minimum atomic E-state index is -0.823. The van der Waals surface area contributed by atoms with Crippen molar-refractivity contribution in [1.82, 2.24) is 20.2 Å². The Bertz CT molecular complexity index is 1780. The molecule has 1 aliphatic rings. The molecule has 0 spiro atoms. The first-order chi connectivity index (χ1) is 21.9. The van der Waals surface area contributed by atoms with Gasteiger partial charge in [0.2, 0.25) is 0 Å². The number of aliphatic hydroxyl groups is 1. The second-order valence-corrected chi connectivity index (χ2v) is 10.8. The number of carboxylic acids is 1. The van der Waals surface area contributed by atoms with Crippen LogP contribution in [0.1, 0.15) is 49.6 Å². The predicted molar refractivity (Wildman–Crippen MR) is 172 cm³/mol. The zero-order valence-electron chi connectivity index (χ0n) is 25.0. The van der Waals surface area contributed by atoms with Crippen LogP contribution in [0.5, 0.6) is 0 Å². The SMILES string of the molecule is Cc1c(NC(=O)c2ccc(CNCCO)cn2)cccc1-c1ccnc(/C=C/c2ccc3c(c2)CCN(CC(=O)O)C3)c1C#N. The summed E-state index contributed by atoms with van der Waals surface area (Å²) < 4.78 is 0. The van der Waals surface area contributed by atoms with E-state index < -0.39 is 5.97 Å². The number of aliphatic hydroxyl groups excluding tert-OH is 1. The second-order valence-electron chi connectivity index (χ2n) is 10.8. The maximum absolute atomic E-state index is 13.0. The largest absolute Gasteiger partial charge is 0.480 e. The van der Waals surface area contributed by atoms with Crippen molar-refractivity contribution in [2.45, 2.75) is 26.4 Å². The summed E-state index contributed by atoms with van der Waals surface area (Å²) in [4.78, 5) is 34.8. The summed E-state index contributed by atoms with van der Waals surface area (Å²) in [6.45, 7) is 4.31. The number of benzene rings is 2. The van der Waals surface area contributed by atoms with E-state index in [-0.39, 0.29) is 24.8 Å². The number of pyridine rings is 2. The first-order valence-corrected chi connectivity index (χ1v) is 14.7. The molecule has 0 saturated carbocycles. The number of carboxylic acid groups (broad SMARTS) is 1. The highest BCUT2D eigenvalue weighted by Gasteiger charge is 2.19. The Kier molecular flexibility index (Phi) is 10.1.